The molecule has 1 aromatic carbocycles. The molecule has 0 aliphatic carbocycles. The highest BCUT2D eigenvalue weighted by Gasteiger charge is 2.20. The summed E-state index contributed by atoms with van der Waals surface area (Å²) in [6.45, 7) is 0.615. The molecule has 0 aromatic heterocycles. The molecule has 0 unspecified atom stereocenters. The Balaban J connectivity index is 2.30. The molecule has 15 heavy (non-hydrogen) atoms. The summed E-state index contributed by atoms with van der Waals surface area (Å²) < 4.78 is 27.0. The van der Waals surface area contributed by atoms with Crippen molar-refractivity contribution in [1.29, 1.82) is 0 Å². The van der Waals surface area contributed by atoms with Gasteiger partial charge in [-0.1, -0.05) is 18.2 Å². The van der Waals surface area contributed by atoms with Crippen molar-refractivity contribution >= 4 is 15.8 Å². The summed E-state index contributed by atoms with van der Waals surface area (Å²) in [6.07, 6.45) is 2.94. The average Bonchev–Trinajstić information content (AvgIpc) is 2.16. The lowest BCUT2D eigenvalue weighted by atomic mass is 10.0. The van der Waals surface area contributed by atoms with Crippen molar-refractivity contribution in [2.45, 2.75) is 12.8 Å². The van der Waals surface area contributed by atoms with Gasteiger partial charge in [0, 0.05) is 6.54 Å². The van der Waals surface area contributed by atoms with Gasteiger partial charge in [0.2, 0.25) is 0 Å². The molecule has 0 bridgehead atoms. The van der Waals surface area contributed by atoms with Gasteiger partial charge >= 0.3 is 0 Å². The molecule has 0 saturated heterocycles. The first kappa shape index (κ1) is 10.4. The highest BCUT2D eigenvalue weighted by atomic mass is 32.2. The minimum absolute atomic E-state index is 0.615. The molecule has 1 heterocycles. The second kappa shape index (κ2) is 3.83. The normalized spacial score (nSPS) is 16.2. The summed E-state index contributed by atoms with van der Waals surface area (Å²) in [5, 5.41) is 1.45. The number of aryl methyl sites for hydroxylation is 1. The maximum Gasteiger partial charge on any atom is 0.285 e. The first-order chi connectivity index (χ1) is 7.06. The number of hydrogen-bond donors (Lipinski definition) is 0. The van der Waals surface area contributed by atoms with Crippen LogP contribution < -0.4 is 5.06 Å². The quantitative estimate of drug-likeness (QED) is 0.764. The van der Waals surface area contributed by atoms with Crippen LogP contribution in [-0.2, 0) is 20.8 Å². The Morgan fingerprint density at radius 3 is 2.80 bits per heavy atom. The topological polar surface area (TPSA) is 46.6 Å². The number of hydroxylamine groups is 1. The molecule has 0 amide bonds. The lowest BCUT2D eigenvalue weighted by molar-refractivity contribution is 0.278. The van der Waals surface area contributed by atoms with Gasteiger partial charge in [-0.2, -0.15) is 8.42 Å². The van der Waals surface area contributed by atoms with Crippen LogP contribution in [0.4, 0.5) is 5.69 Å². The van der Waals surface area contributed by atoms with Crippen molar-refractivity contribution in [3.8, 4) is 0 Å². The minimum Gasteiger partial charge on any atom is -0.236 e. The van der Waals surface area contributed by atoms with E-state index in [2.05, 4.69) is 0 Å². The zero-order valence-corrected chi connectivity index (χ0v) is 9.33. The van der Waals surface area contributed by atoms with E-state index in [1.165, 1.54) is 5.06 Å². The Hall–Kier alpha value is -1.07. The Bertz CT molecular complexity index is 455. The van der Waals surface area contributed by atoms with Crippen LogP contribution in [0, 0.1) is 0 Å². The molecule has 5 heteroatoms. The molecular formula is C10H13NO3S. The van der Waals surface area contributed by atoms with Crippen molar-refractivity contribution in [2.75, 3.05) is 17.9 Å². The second-order valence-electron chi connectivity index (χ2n) is 3.61. The number of para-hydroxylation sites is 1. The standard InChI is InChI=1S/C10H13NO3S/c1-15(12,13)14-11-8-4-6-9-5-2-3-7-10(9)11/h2-3,5,7H,4,6,8H2,1H3. The fourth-order valence-corrected chi connectivity index (χ4v) is 2.22. The lowest BCUT2D eigenvalue weighted by Gasteiger charge is -2.28. The largest absolute Gasteiger partial charge is 0.285 e. The fraction of sp³-hybridized carbons (Fsp3) is 0.400. The van der Waals surface area contributed by atoms with E-state index in [0.29, 0.717) is 6.54 Å². The third-order valence-electron chi connectivity index (χ3n) is 2.29. The van der Waals surface area contributed by atoms with Gasteiger partial charge in [-0.25, -0.2) is 5.06 Å². The molecule has 2 rings (SSSR count). The van der Waals surface area contributed by atoms with Crippen LogP contribution in [0.5, 0.6) is 0 Å². The molecule has 0 radical (unpaired) electrons. The highest BCUT2D eigenvalue weighted by molar-refractivity contribution is 7.86. The number of anilines is 1. The van der Waals surface area contributed by atoms with Crippen molar-refractivity contribution < 1.29 is 12.7 Å². The molecule has 82 valence electrons. The van der Waals surface area contributed by atoms with Crippen molar-refractivity contribution in [3.05, 3.63) is 29.8 Å². The molecule has 1 aliphatic rings. The lowest BCUT2D eigenvalue weighted by Crippen LogP contribution is -2.31. The molecule has 4 nitrogen and oxygen atoms in total. The zero-order valence-electron chi connectivity index (χ0n) is 8.51. The van der Waals surface area contributed by atoms with E-state index in [9.17, 15) is 8.42 Å². The van der Waals surface area contributed by atoms with Gasteiger partial charge in [0.25, 0.3) is 10.1 Å². The predicted molar refractivity (Wildman–Crippen MR) is 58.0 cm³/mol. The molecular weight excluding hydrogens is 214 g/mol. The summed E-state index contributed by atoms with van der Waals surface area (Å²) >= 11 is 0. The van der Waals surface area contributed by atoms with Gasteiger partial charge in [-0.05, 0) is 24.5 Å². The Morgan fingerprint density at radius 2 is 2.07 bits per heavy atom. The van der Waals surface area contributed by atoms with E-state index in [1.54, 1.807) is 0 Å². The maximum absolute atomic E-state index is 11.0. The summed E-state index contributed by atoms with van der Waals surface area (Å²) in [7, 11) is -3.44. The Labute approximate surface area is 89.5 Å². The smallest absolute Gasteiger partial charge is 0.236 e. The molecule has 0 N–H and O–H groups in total. The maximum atomic E-state index is 11.0. The molecule has 0 saturated carbocycles. The highest BCUT2D eigenvalue weighted by Crippen LogP contribution is 2.27. The van der Waals surface area contributed by atoms with Crippen LogP contribution in [0.25, 0.3) is 0 Å². The van der Waals surface area contributed by atoms with E-state index in [4.69, 9.17) is 4.28 Å². The first-order valence-electron chi connectivity index (χ1n) is 4.81. The Kier molecular flexibility index (Phi) is 2.67. The van der Waals surface area contributed by atoms with E-state index in [-0.39, 0.29) is 0 Å². The summed E-state index contributed by atoms with van der Waals surface area (Å²) in [5.41, 5.74) is 1.99. The van der Waals surface area contributed by atoms with E-state index < -0.39 is 10.1 Å². The van der Waals surface area contributed by atoms with Crippen molar-refractivity contribution in [3.63, 3.8) is 0 Å². The number of hydrogen-bond acceptors (Lipinski definition) is 4. The third-order valence-corrected chi connectivity index (χ3v) is 2.74. The van der Waals surface area contributed by atoms with Crippen LogP contribution in [0.3, 0.4) is 0 Å². The number of fused-ring (bicyclic) bond motifs is 1. The van der Waals surface area contributed by atoms with Crippen molar-refractivity contribution in [1.82, 2.24) is 0 Å². The van der Waals surface area contributed by atoms with E-state index in [0.717, 1.165) is 30.3 Å². The van der Waals surface area contributed by atoms with Crippen LogP contribution in [0.15, 0.2) is 24.3 Å². The number of benzene rings is 1. The first-order valence-corrected chi connectivity index (χ1v) is 6.63. The van der Waals surface area contributed by atoms with Crippen LogP contribution in [0.2, 0.25) is 0 Å². The summed E-state index contributed by atoms with van der Waals surface area (Å²) in [4.78, 5) is 0. The third kappa shape index (κ3) is 2.49. The van der Waals surface area contributed by atoms with E-state index in [1.807, 2.05) is 24.3 Å². The van der Waals surface area contributed by atoms with Gasteiger partial charge < -0.3 is 0 Å². The van der Waals surface area contributed by atoms with E-state index >= 15 is 0 Å². The van der Waals surface area contributed by atoms with Gasteiger partial charge in [-0.3, -0.25) is 0 Å². The number of nitrogens with zero attached hydrogens (tertiary/aromatic N) is 1. The molecule has 1 aliphatic heterocycles. The number of rotatable bonds is 2. The predicted octanol–water partition coefficient (Wildman–Crippen LogP) is 1.33. The monoisotopic (exact) mass is 227 g/mol. The van der Waals surface area contributed by atoms with Gasteiger partial charge in [0.1, 0.15) is 0 Å². The summed E-state index contributed by atoms with van der Waals surface area (Å²) in [5.74, 6) is 0. The van der Waals surface area contributed by atoms with Gasteiger partial charge in [0.05, 0.1) is 11.9 Å². The van der Waals surface area contributed by atoms with Gasteiger partial charge in [-0.15, -0.1) is 4.28 Å². The van der Waals surface area contributed by atoms with Crippen LogP contribution in [-0.4, -0.2) is 21.2 Å². The fourth-order valence-electron chi connectivity index (χ4n) is 1.74. The molecule has 1 aromatic rings. The average molecular weight is 227 g/mol. The SMILES string of the molecule is CS(=O)(=O)ON1CCCc2ccccc21. The second-order valence-corrected chi connectivity index (χ2v) is 5.17. The molecule has 0 spiro atoms. The Morgan fingerprint density at radius 1 is 1.33 bits per heavy atom. The van der Waals surface area contributed by atoms with Crippen molar-refractivity contribution in [2.24, 2.45) is 0 Å². The van der Waals surface area contributed by atoms with Crippen LogP contribution in [0.1, 0.15) is 12.0 Å². The summed E-state index contributed by atoms with van der Waals surface area (Å²) in [6, 6.07) is 7.69. The molecule has 0 fully saturated rings. The van der Waals surface area contributed by atoms with Gasteiger partial charge in [0.15, 0.2) is 0 Å². The zero-order chi connectivity index (χ0) is 10.9. The van der Waals surface area contributed by atoms with Crippen LogP contribution >= 0.6 is 0 Å². The molecule has 0 atom stereocenters. The minimum atomic E-state index is -3.44.